The third-order valence-electron chi connectivity index (χ3n) is 2.13. The summed E-state index contributed by atoms with van der Waals surface area (Å²) in [6, 6.07) is 1.57. The number of rotatable bonds is 1. The Morgan fingerprint density at radius 2 is 2.08 bits per heavy atom. The van der Waals surface area contributed by atoms with E-state index in [2.05, 4.69) is 0 Å². The number of hydrogen-bond acceptors (Lipinski definition) is 6. The van der Waals surface area contributed by atoms with E-state index >= 15 is 0 Å². The third kappa shape index (κ3) is 1.52. The molecule has 0 bridgehead atoms. The first-order chi connectivity index (χ1) is 6.07. The largest absolute Gasteiger partial charge is 0.392 e. The molecular formula is C7H11NO5. The average molecular weight is 189 g/mol. The molecule has 1 rings (SSSR count). The molecule has 4 N–H and O–H groups in total. The number of aliphatic hydroxyl groups is 4. The third-order valence-corrected chi connectivity index (χ3v) is 2.13. The Hall–Kier alpha value is -0.710. The molecular weight excluding hydrogens is 178 g/mol. The van der Waals surface area contributed by atoms with Crippen LogP contribution in [0.3, 0.4) is 0 Å². The lowest BCUT2D eigenvalue weighted by Crippen LogP contribution is -2.61. The second-order valence-corrected chi connectivity index (χ2v) is 2.97. The lowest BCUT2D eigenvalue weighted by molar-refractivity contribution is -0.224. The fourth-order valence-electron chi connectivity index (χ4n) is 1.18. The van der Waals surface area contributed by atoms with Crippen molar-refractivity contribution < 1.29 is 25.2 Å². The van der Waals surface area contributed by atoms with Crippen molar-refractivity contribution in [1.29, 1.82) is 5.26 Å². The van der Waals surface area contributed by atoms with E-state index in [4.69, 9.17) is 20.2 Å². The van der Waals surface area contributed by atoms with Crippen LogP contribution in [0.4, 0.5) is 0 Å². The van der Waals surface area contributed by atoms with Crippen LogP contribution in [0, 0.1) is 11.3 Å². The maximum absolute atomic E-state index is 9.34. The van der Waals surface area contributed by atoms with Gasteiger partial charge in [-0.25, -0.2) is 0 Å². The SMILES string of the molecule is N#C[C@]1(CO)OC[C@@H](O)[C@@H](O)[C@@H]1O. The van der Waals surface area contributed by atoms with Crippen LogP contribution < -0.4 is 0 Å². The summed E-state index contributed by atoms with van der Waals surface area (Å²) in [5, 5.41) is 45.0. The van der Waals surface area contributed by atoms with Gasteiger partial charge in [-0.1, -0.05) is 0 Å². The first-order valence-corrected chi connectivity index (χ1v) is 3.77. The average Bonchev–Trinajstić information content (AvgIpc) is 2.16. The van der Waals surface area contributed by atoms with Crippen LogP contribution in [-0.2, 0) is 4.74 Å². The highest BCUT2D eigenvalue weighted by Gasteiger charge is 2.49. The predicted molar refractivity (Wildman–Crippen MR) is 39.4 cm³/mol. The van der Waals surface area contributed by atoms with Gasteiger partial charge in [-0.2, -0.15) is 5.26 Å². The molecule has 6 nitrogen and oxygen atoms in total. The van der Waals surface area contributed by atoms with Gasteiger partial charge in [-0.05, 0) is 0 Å². The molecule has 0 aromatic carbocycles. The van der Waals surface area contributed by atoms with Crippen molar-refractivity contribution in [3.05, 3.63) is 0 Å². The molecule has 1 aliphatic rings. The molecule has 74 valence electrons. The highest BCUT2D eigenvalue weighted by atomic mass is 16.5. The zero-order chi connectivity index (χ0) is 10.1. The molecule has 1 heterocycles. The summed E-state index contributed by atoms with van der Waals surface area (Å²) >= 11 is 0. The van der Waals surface area contributed by atoms with E-state index in [9.17, 15) is 10.2 Å². The minimum Gasteiger partial charge on any atom is -0.392 e. The van der Waals surface area contributed by atoms with Gasteiger partial charge in [0.15, 0.2) is 0 Å². The maximum atomic E-state index is 9.34. The topological polar surface area (TPSA) is 114 Å². The second-order valence-electron chi connectivity index (χ2n) is 2.97. The monoisotopic (exact) mass is 189 g/mol. The highest BCUT2D eigenvalue weighted by Crippen LogP contribution is 2.25. The van der Waals surface area contributed by atoms with E-state index in [1.165, 1.54) is 0 Å². The summed E-state index contributed by atoms with van der Waals surface area (Å²) in [5.74, 6) is 0. The standard InChI is InChI=1S/C7H11NO5/c8-2-7(3-9)6(12)5(11)4(10)1-13-7/h4-6,9-12H,1,3H2/t4-,5-,6+,7-/m1/s1. The lowest BCUT2D eigenvalue weighted by Gasteiger charge is -2.39. The molecule has 0 amide bonds. The van der Waals surface area contributed by atoms with Gasteiger partial charge >= 0.3 is 0 Å². The van der Waals surface area contributed by atoms with Crippen LogP contribution in [-0.4, -0.2) is 57.6 Å². The Morgan fingerprint density at radius 3 is 2.54 bits per heavy atom. The molecule has 6 heteroatoms. The van der Waals surface area contributed by atoms with Crippen LogP contribution in [0.15, 0.2) is 0 Å². The van der Waals surface area contributed by atoms with Gasteiger partial charge in [0.1, 0.15) is 24.4 Å². The van der Waals surface area contributed by atoms with Gasteiger partial charge in [-0.15, -0.1) is 0 Å². The Labute approximate surface area is 74.6 Å². The van der Waals surface area contributed by atoms with E-state index < -0.39 is 30.5 Å². The van der Waals surface area contributed by atoms with E-state index in [0.29, 0.717) is 0 Å². The minimum absolute atomic E-state index is 0.285. The summed E-state index contributed by atoms with van der Waals surface area (Å²) < 4.78 is 4.79. The van der Waals surface area contributed by atoms with Crippen molar-refractivity contribution in [2.45, 2.75) is 23.9 Å². The molecule has 13 heavy (non-hydrogen) atoms. The molecule has 4 atom stereocenters. The molecule has 1 saturated heterocycles. The zero-order valence-corrected chi connectivity index (χ0v) is 6.79. The van der Waals surface area contributed by atoms with Gasteiger partial charge in [0, 0.05) is 0 Å². The Kier molecular flexibility index (Phi) is 2.85. The number of ether oxygens (including phenoxy) is 1. The van der Waals surface area contributed by atoms with E-state index in [-0.39, 0.29) is 6.61 Å². The van der Waals surface area contributed by atoms with Crippen molar-refractivity contribution in [3.63, 3.8) is 0 Å². The first kappa shape index (κ1) is 10.4. The number of nitriles is 1. The molecule has 0 spiro atoms. The summed E-state index contributed by atoms with van der Waals surface area (Å²) in [5.41, 5.74) is -1.82. The Bertz CT molecular complexity index is 227. The van der Waals surface area contributed by atoms with Gasteiger partial charge in [0.05, 0.1) is 13.2 Å². The molecule has 0 saturated carbocycles. The Morgan fingerprint density at radius 1 is 1.46 bits per heavy atom. The van der Waals surface area contributed by atoms with E-state index in [1.54, 1.807) is 6.07 Å². The van der Waals surface area contributed by atoms with Crippen LogP contribution in [0.2, 0.25) is 0 Å². The zero-order valence-electron chi connectivity index (χ0n) is 6.79. The fraction of sp³-hybridized carbons (Fsp3) is 0.857. The second kappa shape index (κ2) is 3.57. The predicted octanol–water partition coefficient (Wildman–Crippen LogP) is -2.65. The molecule has 0 radical (unpaired) electrons. The molecule has 1 aliphatic heterocycles. The molecule has 1 fully saturated rings. The smallest absolute Gasteiger partial charge is 0.205 e. The normalized spacial score (nSPS) is 45.6. The van der Waals surface area contributed by atoms with Gasteiger partial charge in [0.25, 0.3) is 0 Å². The van der Waals surface area contributed by atoms with Crippen molar-refractivity contribution in [2.24, 2.45) is 0 Å². The van der Waals surface area contributed by atoms with Crippen LogP contribution in [0.1, 0.15) is 0 Å². The lowest BCUT2D eigenvalue weighted by atomic mass is 9.89. The van der Waals surface area contributed by atoms with Crippen molar-refractivity contribution >= 4 is 0 Å². The van der Waals surface area contributed by atoms with Crippen LogP contribution in [0.5, 0.6) is 0 Å². The summed E-state index contributed by atoms with van der Waals surface area (Å²) in [7, 11) is 0. The van der Waals surface area contributed by atoms with Crippen molar-refractivity contribution in [3.8, 4) is 6.07 Å². The Balaban J connectivity index is 2.85. The van der Waals surface area contributed by atoms with Gasteiger partial charge in [-0.3, -0.25) is 0 Å². The first-order valence-electron chi connectivity index (χ1n) is 3.77. The van der Waals surface area contributed by atoms with Crippen LogP contribution >= 0.6 is 0 Å². The summed E-state index contributed by atoms with van der Waals surface area (Å²) in [6.45, 7) is -1.01. The van der Waals surface area contributed by atoms with Crippen LogP contribution in [0.25, 0.3) is 0 Å². The molecule has 0 aromatic rings. The quantitative estimate of drug-likeness (QED) is 0.358. The van der Waals surface area contributed by atoms with Gasteiger partial charge < -0.3 is 25.2 Å². The summed E-state index contributed by atoms with van der Waals surface area (Å²) in [6.07, 6.45) is -4.31. The van der Waals surface area contributed by atoms with E-state index in [1.807, 2.05) is 0 Å². The maximum Gasteiger partial charge on any atom is 0.205 e. The van der Waals surface area contributed by atoms with Crippen molar-refractivity contribution in [2.75, 3.05) is 13.2 Å². The minimum atomic E-state index is -1.82. The van der Waals surface area contributed by atoms with Crippen molar-refractivity contribution in [1.82, 2.24) is 0 Å². The molecule has 0 aromatic heterocycles. The highest BCUT2D eigenvalue weighted by molar-refractivity contribution is 5.12. The molecule has 0 aliphatic carbocycles. The number of hydrogen-bond donors (Lipinski definition) is 4. The van der Waals surface area contributed by atoms with E-state index in [0.717, 1.165) is 0 Å². The fourth-order valence-corrected chi connectivity index (χ4v) is 1.18. The summed E-state index contributed by atoms with van der Waals surface area (Å²) in [4.78, 5) is 0. The number of nitrogens with zero attached hydrogens (tertiary/aromatic N) is 1. The number of aliphatic hydroxyl groups excluding tert-OH is 4. The molecule has 0 unspecified atom stereocenters. The van der Waals surface area contributed by atoms with Gasteiger partial charge in [0.2, 0.25) is 5.60 Å².